The maximum atomic E-state index is 12.1. The number of halogens is 4. The Bertz CT molecular complexity index is 466. The van der Waals surface area contributed by atoms with Crippen LogP contribution in [0.1, 0.15) is 12.0 Å². The molecule has 0 saturated carbocycles. The van der Waals surface area contributed by atoms with Crippen LogP contribution in [0.15, 0.2) is 22.7 Å². The fraction of sp³-hybridized carbons (Fsp3) is 0.417. The van der Waals surface area contributed by atoms with Crippen molar-refractivity contribution in [3.63, 3.8) is 0 Å². The Hall–Kier alpha value is -1.28. The molecule has 1 rings (SSSR count). The lowest BCUT2D eigenvalue weighted by Crippen LogP contribution is -2.19. The summed E-state index contributed by atoms with van der Waals surface area (Å²) in [6.07, 6.45) is -4.49. The molecule has 0 bridgehead atoms. The Balaban J connectivity index is 2.49. The molecule has 0 fully saturated rings. The predicted octanol–water partition coefficient (Wildman–Crippen LogP) is 3.00. The molecule has 0 saturated heterocycles. The fourth-order valence-electron chi connectivity index (χ4n) is 1.39. The van der Waals surface area contributed by atoms with Crippen molar-refractivity contribution < 1.29 is 27.4 Å². The number of nitrogens with one attached hydrogen (secondary N) is 1. The van der Waals surface area contributed by atoms with Gasteiger partial charge in [-0.05, 0) is 33.6 Å². The number of methoxy groups -OCH3 is 1. The van der Waals surface area contributed by atoms with E-state index in [-0.39, 0.29) is 22.6 Å². The van der Waals surface area contributed by atoms with Gasteiger partial charge in [-0.15, -0.1) is 13.2 Å². The Labute approximate surface area is 122 Å². The quantitative estimate of drug-likeness (QED) is 0.629. The molecule has 8 heteroatoms. The molecule has 0 atom stereocenters. The van der Waals surface area contributed by atoms with Gasteiger partial charge in [0.05, 0.1) is 18.0 Å². The first-order chi connectivity index (χ1) is 9.31. The molecule has 1 N–H and O–H groups in total. The zero-order valence-corrected chi connectivity index (χ0v) is 12.2. The molecule has 1 aromatic carbocycles. The van der Waals surface area contributed by atoms with Crippen LogP contribution in [-0.2, 0) is 16.1 Å². The van der Waals surface area contributed by atoms with E-state index in [1.807, 2.05) is 0 Å². The summed E-state index contributed by atoms with van der Waals surface area (Å²) in [5, 5.41) is 2.98. The Kier molecular flexibility index (Phi) is 6.28. The summed E-state index contributed by atoms with van der Waals surface area (Å²) >= 11 is 3.02. The van der Waals surface area contributed by atoms with Crippen molar-refractivity contribution in [3.8, 4) is 5.75 Å². The van der Waals surface area contributed by atoms with Gasteiger partial charge in [0.2, 0.25) is 0 Å². The van der Waals surface area contributed by atoms with Crippen LogP contribution >= 0.6 is 15.9 Å². The lowest BCUT2D eigenvalue weighted by Gasteiger charge is -2.11. The Morgan fingerprint density at radius 1 is 1.40 bits per heavy atom. The van der Waals surface area contributed by atoms with Crippen molar-refractivity contribution in [1.82, 2.24) is 5.32 Å². The largest absolute Gasteiger partial charge is 0.573 e. The number of ether oxygens (including phenoxy) is 2. The van der Waals surface area contributed by atoms with Crippen LogP contribution in [0.3, 0.4) is 0 Å². The third-order valence-corrected chi connectivity index (χ3v) is 2.90. The molecule has 112 valence electrons. The molecule has 0 heterocycles. The second kappa shape index (κ2) is 7.49. The van der Waals surface area contributed by atoms with E-state index in [9.17, 15) is 18.0 Å². The predicted molar refractivity (Wildman–Crippen MR) is 69.2 cm³/mol. The first kappa shape index (κ1) is 16.8. The van der Waals surface area contributed by atoms with Crippen molar-refractivity contribution in [2.24, 2.45) is 0 Å². The van der Waals surface area contributed by atoms with Crippen molar-refractivity contribution in [1.29, 1.82) is 0 Å². The zero-order chi connectivity index (χ0) is 15.2. The summed E-state index contributed by atoms with van der Waals surface area (Å²) in [4.78, 5) is 10.9. The number of rotatable bonds is 6. The minimum atomic E-state index is -4.72. The van der Waals surface area contributed by atoms with Crippen molar-refractivity contribution >= 4 is 21.9 Å². The SMILES string of the molecule is COC(=O)CCNCc1ccc(OC(F)(F)F)c(Br)c1. The average molecular weight is 356 g/mol. The van der Waals surface area contributed by atoms with Crippen LogP contribution in [0.25, 0.3) is 0 Å². The average Bonchev–Trinajstić information content (AvgIpc) is 2.36. The van der Waals surface area contributed by atoms with Gasteiger partial charge in [-0.2, -0.15) is 0 Å². The number of hydrogen-bond acceptors (Lipinski definition) is 4. The molecule has 0 spiro atoms. The summed E-state index contributed by atoms with van der Waals surface area (Å²) in [7, 11) is 1.30. The van der Waals surface area contributed by atoms with E-state index in [0.717, 1.165) is 5.56 Å². The van der Waals surface area contributed by atoms with Gasteiger partial charge in [0.15, 0.2) is 0 Å². The van der Waals surface area contributed by atoms with Gasteiger partial charge in [0.25, 0.3) is 0 Å². The van der Waals surface area contributed by atoms with Gasteiger partial charge in [-0.25, -0.2) is 0 Å². The van der Waals surface area contributed by atoms with Crippen LogP contribution in [0, 0.1) is 0 Å². The molecule has 0 amide bonds. The van der Waals surface area contributed by atoms with Gasteiger partial charge in [0, 0.05) is 13.1 Å². The molecule has 0 aliphatic carbocycles. The fourth-order valence-corrected chi connectivity index (χ4v) is 1.89. The molecule has 0 radical (unpaired) electrons. The number of alkyl halides is 3. The van der Waals surface area contributed by atoms with Gasteiger partial charge in [-0.1, -0.05) is 6.07 Å². The number of hydrogen-bond donors (Lipinski definition) is 1. The van der Waals surface area contributed by atoms with Crippen molar-refractivity contribution in [2.75, 3.05) is 13.7 Å². The lowest BCUT2D eigenvalue weighted by molar-refractivity contribution is -0.274. The molecule has 0 aromatic heterocycles. The molecule has 20 heavy (non-hydrogen) atoms. The van der Waals surface area contributed by atoms with Crippen molar-refractivity contribution in [2.45, 2.75) is 19.3 Å². The molecule has 0 unspecified atom stereocenters. The molecule has 0 aliphatic heterocycles. The third kappa shape index (κ3) is 6.25. The second-order valence-corrected chi connectivity index (χ2v) is 4.67. The van der Waals surface area contributed by atoms with E-state index >= 15 is 0 Å². The first-order valence-corrected chi connectivity index (χ1v) is 6.43. The van der Waals surface area contributed by atoms with Crippen LogP contribution in [-0.4, -0.2) is 26.0 Å². The molecule has 4 nitrogen and oxygen atoms in total. The van der Waals surface area contributed by atoms with Gasteiger partial charge in [-0.3, -0.25) is 4.79 Å². The van der Waals surface area contributed by atoms with E-state index in [1.165, 1.54) is 25.3 Å². The van der Waals surface area contributed by atoms with Crippen LogP contribution in [0.5, 0.6) is 5.75 Å². The van der Waals surface area contributed by atoms with Gasteiger partial charge >= 0.3 is 12.3 Å². The minimum Gasteiger partial charge on any atom is -0.469 e. The number of carbonyl (C=O) groups excluding carboxylic acids is 1. The molecular formula is C12H13BrF3NO3. The molecule has 1 aromatic rings. The van der Waals surface area contributed by atoms with Gasteiger partial charge < -0.3 is 14.8 Å². The van der Waals surface area contributed by atoms with E-state index in [2.05, 4.69) is 30.7 Å². The Morgan fingerprint density at radius 2 is 2.10 bits per heavy atom. The van der Waals surface area contributed by atoms with E-state index in [1.54, 1.807) is 0 Å². The monoisotopic (exact) mass is 355 g/mol. The topological polar surface area (TPSA) is 47.6 Å². The van der Waals surface area contributed by atoms with E-state index in [4.69, 9.17) is 0 Å². The van der Waals surface area contributed by atoms with Crippen LogP contribution in [0.4, 0.5) is 13.2 Å². The summed E-state index contributed by atoms with van der Waals surface area (Å²) in [5.41, 5.74) is 0.760. The highest BCUT2D eigenvalue weighted by Gasteiger charge is 2.31. The summed E-state index contributed by atoms with van der Waals surface area (Å²) in [6.45, 7) is 0.840. The standard InChI is InChI=1S/C12H13BrF3NO3/c1-19-11(18)4-5-17-7-8-2-3-10(9(13)6-8)20-12(14,15)16/h2-3,6,17H,4-5,7H2,1H3. The maximum absolute atomic E-state index is 12.1. The second-order valence-electron chi connectivity index (χ2n) is 3.82. The van der Waals surface area contributed by atoms with Crippen LogP contribution < -0.4 is 10.1 Å². The normalized spacial score (nSPS) is 11.2. The maximum Gasteiger partial charge on any atom is 0.573 e. The molecule has 0 aliphatic rings. The first-order valence-electron chi connectivity index (χ1n) is 5.63. The number of benzene rings is 1. The smallest absolute Gasteiger partial charge is 0.469 e. The van der Waals surface area contributed by atoms with Crippen LogP contribution in [0.2, 0.25) is 0 Å². The molecular weight excluding hydrogens is 343 g/mol. The summed E-state index contributed by atoms with van der Waals surface area (Å²) < 4.78 is 44.8. The Morgan fingerprint density at radius 3 is 2.65 bits per heavy atom. The number of carbonyl (C=O) groups is 1. The van der Waals surface area contributed by atoms with Crippen molar-refractivity contribution in [3.05, 3.63) is 28.2 Å². The lowest BCUT2D eigenvalue weighted by atomic mass is 10.2. The summed E-state index contributed by atoms with van der Waals surface area (Å²) in [5.74, 6) is -0.622. The highest BCUT2D eigenvalue weighted by Crippen LogP contribution is 2.30. The highest BCUT2D eigenvalue weighted by molar-refractivity contribution is 9.10. The summed E-state index contributed by atoms with van der Waals surface area (Å²) in [6, 6.07) is 4.26. The third-order valence-electron chi connectivity index (χ3n) is 2.28. The zero-order valence-electron chi connectivity index (χ0n) is 10.6. The van der Waals surface area contributed by atoms with E-state index in [0.29, 0.717) is 13.1 Å². The van der Waals surface area contributed by atoms with E-state index < -0.39 is 6.36 Å². The highest BCUT2D eigenvalue weighted by atomic mass is 79.9. The van der Waals surface area contributed by atoms with Gasteiger partial charge in [0.1, 0.15) is 5.75 Å². The minimum absolute atomic E-state index is 0.210. The number of esters is 1.